The molecule has 2 aromatic carbocycles. The normalized spacial score (nSPS) is 33.1. The standard InChI is InChI=1S/C29H25Cl3N2O6/c1-33-26(38)28(31)12-18-16(22(29(28,32)27(33)39)15-10-19(30)23(35)20(11-15)40-2)8-9-17-21(18)25(37)34(24(17)36)13-14-6-4-3-5-7-14/h3-8,10-11,17-18,21-22,35H,9,12-13H2,1-2H3/t17-,18+,21-,22-,28+,29-/m0/s1. The van der Waals surface area contributed by atoms with Gasteiger partial charge in [0.25, 0.3) is 11.8 Å². The zero-order valence-corrected chi connectivity index (χ0v) is 23.8. The fourth-order valence-corrected chi connectivity index (χ4v) is 8.26. The number of hydrogen-bond donors (Lipinski definition) is 1. The number of carbonyl (C=O) groups excluding carboxylic acids is 4. The molecule has 8 nitrogen and oxygen atoms in total. The Bertz CT molecular complexity index is 1510. The van der Waals surface area contributed by atoms with Crippen LogP contribution in [0.15, 0.2) is 54.1 Å². The van der Waals surface area contributed by atoms with Crippen LogP contribution in [0.1, 0.15) is 29.9 Å². The number of ether oxygens (including phenoxy) is 1. The molecular weight excluding hydrogens is 579 g/mol. The molecule has 208 valence electrons. The molecule has 1 saturated carbocycles. The fourth-order valence-electron chi connectivity index (χ4n) is 7.02. The highest BCUT2D eigenvalue weighted by Crippen LogP contribution is 2.65. The summed E-state index contributed by atoms with van der Waals surface area (Å²) in [5.74, 6) is -5.27. The lowest BCUT2D eigenvalue weighted by Crippen LogP contribution is -2.60. The quantitative estimate of drug-likeness (QED) is 0.319. The molecule has 6 rings (SSSR count). The number of likely N-dealkylation sites (tertiary alicyclic amines) is 2. The predicted molar refractivity (Wildman–Crippen MR) is 147 cm³/mol. The van der Waals surface area contributed by atoms with Crippen molar-refractivity contribution in [3.05, 3.63) is 70.3 Å². The molecule has 1 N–H and O–H groups in total. The molecule has 0 spiro atoms. The van der Waals surface area contributed by atoms with E-state index in [1.807, 2.05) is 36.4 Å². The number of benzene rings is 2. The maximum Gasteiger partial charge on any atom is 0.253 e. The first-order valence-electron chi connectivity index (χ1n) is 12.8. The van der Waals surface area contributed by atoms with E-state index in [0.717, 1.165) is 10.5 Å². The summed E-state index contributed by atoms with van der Waals surface area (Å²) in [6.45, 7) is 0.132. The van der Waals surface area contributed by atoms with Crippen molar-refractivity contribution in [2.75, 3.05) is 14.2 Å². The summed E-state index contributed by atoms with van der Waals surface area (Å²) in [5.41, 5.74) is 1.84. The number of rotatable bonds is 4. The summed E-state index contributed by atoms with van der Waals surface area (Å²) in [5, 5.41) is 10.3. The number of phenolic OH excluding ortho intramolecular Hbond substituents is 1. The van der Waals surface area contributed by atoms with Gasteiger partial charge in [0.05, 0.1) is 30.5 Å². The van der Waals surface area contributed by atoms with Crippen LogP contribution in [0.2, 0.25) is 5.02 Å². The number of nitrogens with zero attached hydrogens (tertiary/aromatic N) is 2. The summed E-state index contributed by atoms with van der Waals surface area (Å²) < 4.78 is 5.31. The zero-order valence-electron chi connectivity index (χ0n) is 21.6. The third kappa shape index (κ3) is 3.45. The van der Waals surface area contributed by atoms with Crippen LogP contribution in [0.4, 0.5) is 0 Å². The van der Waals surface area contributed by atoms with Gasteiger partial charge in [-0.15, -0.1) is 23.2 Å². The van der Waals surface area contributed by atoms with E-state index in [1.165, 1.54) is 31.2 Å². The minimum absolute atomic E-state index is 0.0440. The number of alkyl halides is 2. The van der Waals surface area contributed by atoms with Gasteiger partial charge < -0.3 is 9.84 Å². The van der Waals surface area contributed by atoms with Crippen molar-refractivity contribution in [1.29, 1.82) is 0 Å². The highest BCUT2D eigenvalue weighted by Gasteiger charge is 2.75. The van der Waals surface area contributed by atoms with E-state index < -0.39 is 45.2 Å². The summed E-state index contributed by atoms with van der Waals surface area (Å²) >= 11 is 20.7. The van der Waals surface area contributed by atoms with Gasteiger partial charge in [0.1, 0.15) is 0 Å². The van der Waals surface area contributed by atoms with Crippen molar-refractivity contribution in [3.8, 4) is 11.5 Å². The molecule has 4 aliphatic rings. The minimum atomic E-state index is -1.95. The summed E-state index contributed by atoms with van der Waals surface area (Å²) in [4.78, 5) is 53.0. The molecule has 40 heavy (non-hydrogen) atoms. The number of aromatic hydroxyl groups is 1. The van der Waals surface area contributed by atoms with Crippen molar-refractivity contribution in [2.45, 2.75) is 35.1 Å². The Morgan fingerprint density at radius 3 is 2.40 bits per heavy atom. The molecule has 0 aromatic heterocycles. The van der Waals surface area contributed by atoms with E-state index >= 15 is 0 Å². The van der Waals surface area contributed by atoms with Crippen molar-refractivity contribution in [1.82, 2.24) is 9.80 Å². The number of carbonyl (C=O) groups is 4. The molecule has 2 heterocycles. The lowest BCUT2D eigenvalue weighted by atomic mass is 9.56. The molecule has 11 heteroatoms. The van der Waals surface area contributed by atoms with Gasteiger partial charge in [0, 0.05) is 13.0 Å². The topological polar surface area (TPSA) is 104 Å². The molecule has 2 saturated heterocycles. The molecule has 0 bridgehead atoms. The molecule has 2 aliphatic heterocycles. The largest absolute Gasteiger partial charge is 0.503 e. The molecule has 0 radical (unpaired) electrons. The first kappa shape index (κ1) is 27.1. The number of fused-ring (bicyclic) bond motifs is 4. The average molecular weight is 604 g/mol. The Morgan fingerprint density at radius 1 is 1.02 bits per heavy atom. The lowest BCUT2D eigenvalue weighted by Gasteiger charge is -2.50. The van der Waals surface area contributed by atoms with Gasteiger partial charge >= 0.3 is 0 Å². The van der Waals surface area contributed by atoms with Crippen LogP contribution >= 0.6 is 34.8 Å². The van der Waals surface area contributed by atoms with Crippen LogP contribution in [0.5, 0.6) is 11.5 Å². The number of imide groups is 2. The van der Waals surface area contributed by atoms with E-state index in [0.29, 0.717) is 11.1 Å². The molecule has 2 aromatic rings. The van der Waals surface area contributed by atoms with Gasteiger partial charge in [-0.25, -0.2) is 0 Å². The van der Waals surface area contributed by atoms with Crippen LogP contribution < -0.4 is 4.74 Å². The van der Waals surface area contributed by atoms with Gasteiger partial charge in [-0.05, 0) is 42.0 Å². The van der Waals surface area contributed by atoms with E-state index in [1.54, 1.807) is 0 Å². The van der Waals surface area contributed by atoms with Crippen LogP contribution in [0, 0.1) is 17.8 Å². The van der Waals surface area contributed by atoms with Crippen molar-refractivity contribution in [3.63, 3.8) is 0 Å². The molecule has 3 fully saturated rings. The molecule has 6 atom stereocenters. The van der Waals surface area contributed by atoms with Crippen molar-refractivity contribution in [2.24, 2.45) is 17.8 Å². The van der Waals surface area contributed by atoms with Crippen LogP contribution in [0.25, 0.3) is 0 Å². The Kier molecular flexibility index (Phi) is 6.25. The van der Waals surface area contributed by atoms with E-state index in [-0.39, 0.29) is 47.7 Å². The fraction of sp³-hybridized carbons (Fsp3) is 0.379. The molecule has 2 aliphatic carbocycles. The van der Waals surface area contributed by atoms with Gasteiger partial charge in [-0.2, -0.15) is 0 Å². The molecular formula is C29H25Cl3N2O6. The highest BCUT2D eigenvalue weighted by atomic mass is 35.5. The minimum Gasteiger partial charge on any atom is -0.503 e. The van der Waals surface area contributed by atoms with Crippen LogP contribution in [-0.2, 0) is 25.7 Å². The monoisotopic (exact) mass is 602 g/mol. The Hall–Kier alpha value is -3.07. The van der Waals surface area contributed by atoms with Crippen molar-refractivity contribution >= 4 is 58.4 Å². The third-order valence-electron chi connectivity index (χ3n) is 8.89. The van der Waals surface area contributed by atoms with E-state index in [9.17, 15) is 24.3 Å². The van der Waals surface area contributed by atoms with Gasteiger partial charge in [-0.1, -0.05) is 53.6 Å². The number of allylic oxidation sites excluding steroid dienone is 2. The smallest absolute Gasteiger partial charge is 0.253 e. The lowest BCUT2D eigenvalue weighted by molar-refractivity contribution is -0.141. The third-order valence-corrected chi connectivity index (χ3v) is 10.6. The van der Waals surface area contributed by atoms with Crippen LogP contribution in [-0.4, -0.2) is 62.4 Å². The first-order chi connectivity index (χ1) is 19.0. The molecule has 4 amide bonds. The summed E-state index contributed by atoms with van der Waals surface area (Å²) in [7, 11) is 2.68. The second kappa shape index (κ2) is 9.23. The SMILES string of the molecule is COc1cc([C@H]2C3=CC[C@@H]4C(=O)N(Cc5ccccc5)C(=O)[C@@H]4[C@@H]3C[C@@]3(Cl)C(=O)N(C)C(=O)[C@@]23Cl)cc(Cl)c1O. The van der Waals surface area contributed by atoms with E-state index in [4.69, 9.17) is 39.5 Å². The highest BCUT2D eigenvalue weighted by molar-refractivity contribution is 6.53. The first-order valence-corrected chi connectivity index (χ1v) is 13.9. The average Bonchev–Trinajstić information content (AvgIpc) is 3.25. The Morgan fingerprint density at radius 2 is 1.73 bits per heavy atom. The maximum absolute atomic E-state index is 13.9. The second-order valence-electron chi connectivity index (χ2n) is 10.8. The summed E-state index contributed by atoms with van der Waals surface area (Å²) in [6, 6.07) is 12.2. The Balaban J connectivity index is 1.50. The number of amides is 4. The molecule has 0 unspecified atom stereocenters. The Labute approximate surface area is 245 Å². The second-order valence-corrected chi connectivity index (χ2v) is 12.4. The van der Waals surface area contributed by atoms with Crippen molar-refractivity contribution < 1.29 is 29.0 Å². The van der Waals surface area contributed by atoms with Gasteiger partial charge in [-0.3, -0.25) is 29.0 Å². The zero-order chi connectivity index (χ0) is 28.7. The number of phenols is 1. The predicted octanol–water partition coefficient (Wildman–Crippen LogP) is 4.24. The maximum atomic E-state index is 13.9. The van der Waals surface area contributed by atoms with Gasteiger partial charge in [0.15, 0.2) is 21.2 Å². The number of halogens is 3. The number of hydrogen-bond acceptors (Lipinski definition) is 6. The van der Waals surface area contributed by atoms with Gasteiger partial charge in [0.2, 0.25) is 11.8 Å². The van der Waals surface area contributed by atoms with Crippen LogP contribution in [0.3, 0.4) is 0 Å². The van der Waals surface area contributed by atoms with E-state index in [2.05, 4.69) is 0 Å². The number of methoxy groups -OCH3 is 1. The summed E-state index contributed by atoms with van der Waals surface area (Å²) in [6.07, 6.45) is 2.00.